The molecule has 1 saturated carbocycles. The largest absolute Gasteiger partial charge is 0.496 e. The van der Waals surface area contributed by atoms with Gasteiger partial charge in [-0.15, -0.1) is 0 Å². The van der Waals surface area contributed by atoms with Crippen molar-refractivity contribution in [3.8, 4) is 16.9 Å². The van der Waals surface area contributed by atoms with Crippen molar-refractivity contribution < 1.29 is 28.2 Å². The zero-order chi connectivity index (χ0) is 23.0. The SMILES string of the molecule is COCC(=O)N1CC2(CC(=O)C(c3c(C)cc(-c4ccc(F)cc4)cc3OC)C(=O)C2)C1. The van der Waals surface area contributed by atoms with Crippen LogP contribution in [0.1, 0.15) is 29.9 Å². The first-order valence-corrected chi connectivity index (χ1v) is 10.5. The van der Waals surface area contributed by atoms with E-state index in [0.717, 1.165) is 16.7 Å². The summed E-state index contributed by atoms with van der Waals surface area (Å²) in [5.74, 6) is -1.14. The van der Waals surface area contributed by atoms with Crippen LogP contribution in [0.2, 0.25) is 0 Å². The minimum Gasteiger partial charge on any atom is -0.496 e. The quantitative estimate of drug-likeness (QED) is 0.669. The number of hydrogen-bond donors (Lipinski definition) is 0. The highest BCUT2D eigenvalue weighted by molar-refractivity contribution is 6.11. The molecule has 2 aromatic carbocycles. The Hall–Kier alpha value is -3.06. The highest BCUT2D eigenvalue weighted by Crippen LogP contribution is 2.47. The van der Waals surface area contributed by atoms with Crippen LogP contribution >= 0.6 is 0 Å². The van der Waals surface area contributed by atoms with Gasteiger partial charge in [0.1, 0.15) is 35.7 Å². The average Bonchev–Trinajstić information content (AvgIpc) is 2.72. The lowest BCUT2D eigenvalue weighted by Gasteiger charge is -2.52. The Labute approximate surface area is 186 Å². The fourth-order valence-corrected chi connectivity index (χ4v) is 5.00. The molecule has 0 radical (unpaired) electrons. The van der Waals surface area contributed by atoms with E-state index < -0.39 is 11.3 Å². The Morgan fingerprint density at radius 1 is 1.06 bits per heavy atom. The molecule has 32 heavy (non-hydrogen) atoms. The Bertz CT molecular complexity index is 1050. The second-order valence-corrected chi connectivity index (χ2v) is 8.82. The molecular weight excluding hydrogens is 413 g/mol. The third kappa shape index (κ3) is 3.93. The summed E-state index contributed by atoms with van der Waals surface area (Å²) in [6.07, 6.45) is 0.505. The summed E-state index contributed by atoms with van der Waals surface area (Å²) >= 11 is 0. The average molecular weight is 439 g/mol. The van der Waals surface area contributed by atoms with E-state index in [9.17, 15) is 18.8 Å². The van der Waals surface area contributed by atoms with E-state index in [1.165, 1.54) is 26.4 Å². The predicted octanol–water partition coefficient (Wildman–Crippen LogP) is 3.30. The van der Waals surface area contributed by atoms with Crippen molar-refractivity contribution in [1.29, 1.82) is 0 Å². The van der Waals surface area contributed by atoms with Gasteiger partial charge in [-0.1, -0.05) is 18.2 Å². The normalized spacial score (nSPS) is 18.1. The molecule has 0 N–H and O–H groups in total. The van der Waals surface area contributed by atoms with Crippen molar-refractivity contribution in [2.45, 2.75) is 25.7 Å². The highest BCUT2D eigenvalue weighted by Gasteiger charge is 2.53. The topological polar surface area (TPSA) is 72.9 Å². The Balaban J connectivity index is 1.59. The number of carbonyl (C=O) groups excluding carboxylic acids is 3. The molecule has 4 rings (SSSR count). The van der Waals surface area contributed by atoms with Crippen LogP contribution < -0.4 is 4.74 Å². The molecule has 168 valence electrons. The first-order valence-electron chi connectivity index (χ1n) is 10.5. The van der Waals surface area contributed by atoms with Crippen LogP contribution in [-0.4, -0.2) is 56.3 Å². The fourth-order valence-electron chi connectivity index (χ4n) is 5.00. The van der Waals surface area contributed by atoms with Gasteiger partial charge in [0.2, 0.25) is 5.91 Å². The van der Waals surface area contributed by atoms with Crippen LogP contribution in [0, 0.1) is 18.2 Å². The number of amides is 1. The number of Topliss-reactive ketones (excluding diaryl/α,β-unsaturated/α-hetero) is 2. The summed E-state index contributed by atoms with van der Waals surface area (Å²) in [5, 5.41) is 0. The molecule has 0 bridgehead atoms. The van der Waals surface area contributed by atoms with Crippen molar-refractivity contribution in [2.24, 2.45) is 5.41 Å². The molecule has 2 aliphatic rings. The number of aryl methyl sites for hydroxylation is 1. The zero-order valence-corrected chi connectivity index (χ0v) is 18.4. The van der Waals surface area contributed by atoms with E-state index in [2.05, 4.69) is 0 Å². The molecule has 0 aromatic heterocycles. The Kier molecular flexibility index (Phi) is 5.86. The summed E-state index contributed by atoms with van der Waals surface area (Å²) < 4.78 is 23.8. The number of likely N-dealkylation sites (tertiary alicyclic amines) is 1. The molecule has 1 aliphatic carbocycles. The molecule has 2 fully saturated rings. The maximum Gasteiger partial charge on any atom is 0.248 e. The van der Waals surface area contributed by atoms with Gasteiger partial charge < -0.3 is 14.4 Å². The molecule has 6 nitrogen and oxygen atoms in total. The van der Waals surface area contributed by atoms with Gasteiger partial charge in [0.15, 0.2) is 0 Å². The van der Waals surface area contributed by atoms with Gasteiger partial charge in [0.25, 0.3) is 0 Å². The van der Waals surface area contributed by atoms with Crippen molar-refractivity contribution >= 4 is 17.5 Å². The number of benzene rings is 2. The first-order chi connectivity index (χ1) is 15.3. The van der Waals surface area contributed by atoms with Gasteiger partial charge in [-0.25, -0.2) is 4.39 Å². The molecule has 0 unspecified atom stereocenters. The second-order valence-electron chi connectivity index (χ2n) is 8.82. The minimum atomic E-state index is -0.874. The summed E-state index contributed by atoms with van der Waals surface area (Å²) in [6.45, 7) is 2.65. The number of rotatable bonds is 5. The maximum absolute atomic E-state index is 13.3. The smallest absolute Gasteiger partial charge is 0.248 e. The molecule has 1 saturated heterocycles. The van der Waals surface area contributed by atoms with Gasteiger partial charge in [-0.3, -0.25) is 14.4 Å². The molecule has 1 heterocycles. The van der Waals surface area contributed by atoms with E-state index in [4.69, 9.17) is 9.47 Å². The third-order valence-electron chi connectivity index (χ3n) is 6.45. The molecule has 1 amide bonds. The molecule has 0 atom stereocenters. The van der Waals surface area contributed by atoms with Crippen molar-refractivity contribution in [1.82, 2.24) is 4.90 Å². The van der Waals surface area contributed by atoms with Gasteiger partial charge in [-0.05, 0) is 41.8 Å². The lowest BCUT2D eigenvalue weighted by Crippen LogP contribution is -2.62. The lowest BCUT2D eigenvalue weighted by atomic mass is 9.63. The number of hydrogen-bond acceptors (Lipinski definition) is 5. The molecule has 1 spiro atoms. The number of halogens is 1. The Morgan fingerprint density at radius 2 is 1.69 bits per heavy atom. The monoisotopic (exact) mass is 439 g/mol. The predicted molar refractivity (Wildman–Crippen MR) is 116 cm³/mol. The van der Waals surface area contributed by atoms with Crippen LogP contribution in [0.25, 0.3) is 11.1 Å². The third-order valence-corrected chi connectivity index (χ3v) is 6.45. The van der Waals surface area contributed by atoms with Crippen molar-refractivity contribution in [2.75, 3.05) is 33.9 Å². The molecular formula is C25H26FNO5. The van der Waals surface area contributed by atoms with Crippen LogP contribution in [0.3, 0.4) is 0 Å². The van der Waals surface area contributed by atoms with Crippen LogP contribution in [0.5, 0.6) is 5.75 Å². The van der Waals surface area contributed by atoms with Gasteiger partial charge >= 0.3 is 0 Å². The number of ether oxygens (including phenoxy) is 2. The maximum atomic E-state index is 13.3. The second kappa shape index (κ2) is 8.47. The van der Waals surface area contributed by atoms with Crippen LogP contribution in [-0.2, 0) is 19.1 Å². The Morgan fingerprint density at radius 3 is 2.25 bits per heavy atom. The van der Waals surface area contributed by atoms with E-state index >= 15 is 0 Å². The first kappa shape index (κ1) is 22.1. The number of carbonyl (C=O) groups is 3. The van der Waals surface area contributed by atoms with Crippen LogP contribution in [0.15, 0.2) is 36.4 Å². The van der Waals surface area contributed by atoms with Crippen LogP contribution in [0.4, 0.5) is 4.39 Å². The summed E-state index contributed by atoms with van der Waals surface area (Å²) in [5.41, 5.74) is 2.53. The van der Waals surface area contributed by atoms with E-state index in [1.54, 1.807) is 23.1 Å². The lowest BCUT2D eigenvalue weighted by molar-refractivity contribution is -0.157. The summed E-state index contributed by atoms with van der Waals surface area (Å²) in [6, 6.07) is 9.81. The van der Waals surface area contributed by atoms with Gasteiger partial charge in [0.05, 0.1) is 7.11 Å². The number of ketones is 2. The van der Waals surface area contributed by atoms with Crippen molar-refractivity contribution in [3.63, 3.8) is 0 Å². The fraction of sp³-hybridized carbons (Fsp3) is 0.400. The van der Waals surface area contributed by atoms with E-state index in [-0.39, 0.29) is 42.7 Å². The van der Waals surface area contributed by atoms with E-state index in [1.807, 2.05) is 13.0 Å². The summed E-state index contributed by atoms with van der Waals surface area (Å²) in [4.78, 5) is 40.0. The summed E-state index contributed by atoms with van der Waals surface area (Å²) in [7, 11) is 2.97. The standard InChI is InChI=1S/C25H26FNO5/c1-15-8-17(16-4-6-18(26)7-5-16)9-21(32-3)23(15)24-19(28)10-25(11-20(24)29)13-27(14-25)22(30)12-31-2/h4-9,24H,10-14H2,1-3H3. The number of methoxy groups -OCH3 is 2. The van der Waals surface area contributed by atoms with Crippen molar-refractivity contribution in [3.05, 3.63) is 53.3 Å². The zero-order valence-electron chi connectivity index (χ0n) is 18.4. The van der Waals surface area contributed by atoms with E-state index in [0.29, 0.717) is 24.4 Å². The van der Waals surface area contributed by atoms with Gasteiger partial charge in [0, 0.05) is 44.0 Å². The molecule has 7 heteroatoms. The minimum absolute atomic E-state index is 0.00258. The number of nitrogens with zero attached hydrogens (tertiary/aromatic N) is 1. The molecule has 2 aromatic rings. The molecule has 1 aliphatic heterocycles. The highest BCUT2D eigenvalue weighted by atomic mass is 19.1. The van der Waals surface area contributed by atoms with Gasteiger partial charge in [-0.2, -0.15) is 0 Å².